The van der Waals surface area contributed by atoms with Crippen LogP contribution in [0.25, 0.3) is 21.3 Å². The Balaban J connectivity index is 2.75. The molecule has 0 unspecified atom stereocenters. The van der Waals surface area contributed by atoms with Crippen LogP contribution in [0.15, 0.2) is 23.4 Å². The second-order valence-corrected chi connectivity index (χ2v) is 2.86. The molecule has 0 atom stereocenters. The highest BCUT2D eigenvalue weighted by Gasteiger charge is 2.01. The number of benzene rings is 1. The van der Waals surface area contributed by atoms with Crippen LogP contribution in [-0.2, 0) is 0 Å². The van der Waals surface area contributed by atoms with Crippen LogP contribution in [0.4, 0.5) is 5.69 Å². The lowest BCUT2D eigenvalue weighted by Gasteiger charge is -1.95. The minimum absolute atomic E-state index is 0.404. The predicted octanol–water partition coefficient (Wildman–Crippen LogP) is 3.16. The SMILES string of the molecule is [N-]=[N+]=Nc1cc2[nH]ncc2cc1Cl. The zero-order valence-electron chi connectivity index (χ0n) is 6.40. The monoisotopic (exact) mass is 193 g/mol. The van der Waals surface area contributed by atoms with Crippen molar-refractivity contribution in [1.82, 2.24) is 10.2 Å². The van der Waals surface area contributed by atoms with E-state index in [0.717, 1.165) is 10.9 Å². The zero-order valence-corrected chi connectivity index (χ0v) is 7.15. The minimum Gasteiger partial charge on any atom is -0.278 e. The highest BCUT2D eigenvalue weighted by Crippen LogP contribution is 2.29. The largest absolute Gasteiger partial charge is 0.278 e. The Morgan fingerprint density at radius 1 is 1.54 bits per heavy atom. The normalized spacial score (nSPS) is 9.92. The molecule has 6 heteroatoms. The predicted molar refractivity (Wildman–Crippen MR) is 49.9 cm³/mol. The average Bonchev–Trinajstić information content (AvgIpc) is 2.52. The van der Waals surface area contributed by atoms with Crippen molar-refractivity contribution < 1.29 is 0 Å². The van der Waals surface area contributed by atoms with Gasteiger partial charge in [0.15, 0.2) is 0 Å². The third-order valence-electron chi connectivity index (χ3n) is 1.66. The number of fused-ring (bicyclic) bond motifs is 1. The fourth-order valence-corrected chi connectivity index (χ4v) is 1.29. The number of azide groups is 1. The van der Waals surface area contributed by atoms with E-state index in [1.165, 1.54) is 0 Å². The van der Waals surface area contributed by atoms with Crippen LogP contribution in [-0.4, -0.2) is 10.2 Å². The molecule has 0 saturated carbocycles. The van der Waals surface area contributed by atoms with E-state index in [1.807, 2.05) is 0 Å². The summed E-state index contributed by atoms with van der Waals surface area (Å²) in [5, 5.41) is 11.3. The molecular weight excluding hydrogens is 190 g/mol. The fourth-order valence-electron chi connectivity index (χ4n) is 1.08. The lowest BCUT2D eigenvalue weighted by atomic mass is 10.2. The van der Waals surface area contributed by atoms with Crippen molar-refractivity contribution in [3.63, 3.8) is 0 Å². The molecule has 2 rings (SSSR count). The van der Waals surface area contributed by atoms with Gasteiger partial charge in [0.1, 0.15) is 0 Å². The van der Waals surface area contributed by atoms with Crippen molar-refractivity contribution >= 4 is 28.2 Å². The molecule has 0 aliphatic carbocycles. The van der Waals surface area contributed by atoms with Gasteiger partial charge >= 0.3 is 0 Å². The third kappa shape index (κ3) is 1.30. The van der Waals surface area contributed by atoms with Crippen molar-refractivity contribution in [2.45, 2.75) is 0 Å². The van der Waals surface area contributed by atoms with E-state index in [1.54, 1.807) is 18.3 Å². The second kappa shape index (κ2) is 2.97. The summed E-state index contributed by atoms with van der Waals surface area (Å²) in [7, 11) is 0. The van der Waals surface area contributed by atoms with Crippen LogP contribution >= 0.6 is 11.6 Å². The van der Waals surface area contributed by atoms with E-state index in [-0.39, 0.29) is 0 Å². The molecule has 2 aromatic rings. The quantitative estimate of drug-likeness (QED) is 0.421. The van der Waals surface area contributed by atoms with Gasteiger partial charge in [-0.1, -0.05) is 16.7 Å². The first-order valence-corrected chi connectivity index (χ1v) is 3.87. The molecule has 0 aliphatic rings. The highest BCUT2D eigenvalue weighted by molar-refractivity contribution is 6.33. The molecule has 1 heterocycles. The standard InChI is InChI=1S/C7H4ClN5/c8-5-1-4-3-10-11-6(4)2-7(5)12-13-9/h1-3H,(H,10,11). The summed E-state index contributed by atoms with van der Waals surface area (Å²) >= 11 is 5.83. The first-order valence-electron chi connectivity index (χ1n) is 3.49. The van der Waals surface area contributed by atoms with Crippen LogP contribution in [0.2, 0.25) is 5.02 Å². The molecule has 0 fully saturated rings. The molecular formula is C7H4ClN5. The Morgan fingerprint density at radius 2 is 2.38 bits per heavy atom. The zero-order chi connectivity index (χ0) is 9.26. The van der Waals surface area contributed by atoms with Crippen molar-refractivity contribution in [2.24, 2.45) is 5.11 Å². The summed E-state index contributed by atoms with van der Waals surface area (Å²) in [4.78, 5) is 2.66. The summed E-state index contributed by atoms with van der Waals surface area (Å²) in [6.07, 6.45) is 1.65. The van der Waals surface area contributed by atoms with Crippen molar-refractivity contribution in [1.29, 1.82) is 0 Å². The molecule has 1 N–H and O–H groups in total. The van der Waals surface area contributed by atoms with Gasteiger partial charge in [-0.25, -0.2) is 0 Å². The summed E-state index contributed by atoms with van der Waals surface area (Å²) in [5.41, 5.74) is 9.44. The van der Waals surface area contributed by atoms with E-state index < -0.39 is 0 Å². The Hall–Kier alpha value is -1.71. The van der Waals surface area contributed by atoms with Gasteiger partial charge < -0.3 is 0 Å². The molecule has 0 radical (unpaired) electrons. The van der Waals surface area contributed by atoms with Gasteiger partial charge in [0.25, 0.3) is 0 Å². The van der Waals surface area contributed by atoms with E-state index in [9.17, 15) is 0 Å². The topological polar surface area (TPSA) is 77.4 Å². The number of hydrogen-bond donors (Lipinski definition) is 1. The molecule has 0 saturated heterocycles. The van der Waals surface area contributed by atoms with Crippen LogP contribution in [0.5, 0.6) is 0 Å². The van der Waals surface area contributed by atoms with Gasteiger partial charge in [-0.05, 0) is 17.7 Å². The Kier molecular flexibility index (Phi) is 1.81. The minimum atomic E-state index is 0.404. The number of aromatic nitrogens is 2. The van der Waals surface area contributed by atoms with Crippen LogP contribution in [0.3, 0.4) is 0 Å². The Morgan fingerprint density at radius 3 is 3.15 bits per heavy atom. The molecule has 0 aliphatic heterocycles. The Labute approximate surface area is 77.9 Å². The number of nitrogens with one attached hydrogen (secondary N) is 1. The molecule has 0 spiro atoms. The number of halogens is 1. The van der Waals surface area contributed by atoms with Crippen molar-refractivity contribution in [3.8, 4) is 0 Å². The lowest BCUT2D eigenvalue weighted by molar-refractivity contribution is 1.12. The van der Waals surface area contributed by atoms with Gasteiger partial charge in [-0.3, -0.25) is 5.10 Å². The number of rotatable bonds is 1. The van der Waals surface area contributed by atoms with Crippen LogP contribution in [0.1, 0.15) is 0 Å². The highest BCUT2D eigenvalue weighted by atomic mass is 35.5. The molecule has 5 nitrogen and oxygen atoms in total. The van der Waals surface area contributed by atoms with Crippen molar-refractivity contribution in [2.75, 3.05) is 0 Å². The van der Waals surface area contributed by atoms with Gasteiger partial charge in [0.05, 0.1) is 22.4 Å². The van der Waals surface area contributed by atoms with E-state index in [2.05, 4.69) is 20.2 Å². The summed E-state index contributed by atoms with van der Waals surface area (Å²) < 4.78 is 0. The number of hydrogen-bond acceptors (Lipinski definition) is 2. The number of H-pyrrole nitrogens is 1. The van der Waals surface area contributed by atoms with E-state index in [4.69, 9.17) is 17.1 Å². The second-order valence-electron chi connectivity index (χ2n) is 2.45. The van der Waals surface area contributed by atoms with E-state index >= 15 is 0 Å². The molecule has 1 aromatic heterocycles. The first-order chi connectivity index (χ1) is 6.31. The average molecular weight is 194 g/mol. The van der Waals surface area contributed by atoms with Gasteiger partial charge in [-0.2, -0.15) is 5.10 Å². The maximum atomic E-state index is 8.24. The van der Waals surface area contributed by atoms with Crippen molar-refractivity contribution in [3.05, 3.63) is 33.8 Å². The van der Waals surface area contributed by atoms with Crippen LogP contribution in [0, 0.1) is 0 Å². The Bertz CT molecular complexity index is 497. The molecule has 0 bridgehead atoms. The first kappa shape index (κ1) is 7.91. The van der Waals surface area contributed by atoms with Gasteiger partial charge in [0.2, 0.25) is 0 Å². The summed E-state index contributed by atoms with van der Waals surface area (Å²) in [5.74, 6) is 0. The third-order valence-corrected chi connectivity index (χ3v) is 1.96. The molecule has 13 heavy (non-hydrogen) atoms. The summed E-state index contributed by atoms with van der Waals surface area (Å²) in [6, 6.07) is 3.36. The molecule has 0 amide bonds. The van der Waals surface area contributed by atoms with Crippen LogP contribution < -0.4 is 0 Å². The van der Waals surface area contributed by atoms with Gasteiger partial charge in [0, 0.05) is 10.3 Å². The number of nitrogens with zero attached hydrogens (tertiary/aromatic N) is 4. The molecule has 64 valence electrons. The maximum Gasteiger partial charge on any atom is 0.0655 e. The lowest BCUT2D eigenvalue weighted by Crippen LogP contribution is -1.70. The van der Waals surface area contributed by atoms with Gasteiger partial charge in [-0.15, -0.1) is 0 Å². The molecule has 1 aromatic carbocycles. The smallest absolute Gasteiger partial charge is 0.0655 e. The number of aromatic amines is 1. The fraction of sp³-hybridized carbons (Fsp3) is 0. The maximum absolute atomic E-state index is 8.24. The summed E-state index contributed by atoms with van der Waals surface area (Å²) in [6.45, 7) is 0. The van der Waals surface area contributed by atoms with E-state index in [0.29, 0.717) is 10.7 Å².